The average Bonchev–Trinajstić information content (AvgIpc) is 2.49. The van der Waals surface area contributed by atoms with Gasteiger partial charge in [-0.05, 0) is 12.3 Å². The number of carboxylic acids is 1. The van der Waals surface area contributed by atoms with Crippen molar-refractivity contribution in [2.24, 2.45) is 5.92 Å². The molecule has 0 spiro atoms. The molecule has 0 aliphatic heterocycles. The van der Waals surface area contributed by atoms with Crippen LogP contribution in [0.2, 0.25) is 0 Å². The number of amides is 2. The number of unbranched alkanes of at least 4 members (excludes halogenated alkanes) is 5. The van der Waals surface area contributed by atoms with Crippen molar-refractivity contribution in [1.29, 1.82) is 0 Å². The van der Waals surface area contributed by atoms with Gasteiger partial charge >= 0.3 is 5.97 Å². The maximum atomic E-state index is 11.7. The van der Waals surface area contributed by atoms with Gasteiger partial charge in [-0.2, -0.15) is 0 Å². The third kappa shape index (κ3) is 11.6. The molecule has 0 rings (SSSR count). The fourth-order valence-electron chi connectivity index (χ4n) is 2.21. The Morgan fingerprint density at radius 3 is 2.04 bits per heavy atom. The van der Waals surface area contributed by atoms with Crippen molar-refractivity contribution in [3.05, 3.63) is 0 Å². The maximum Gasteiger partial charge on any atom is 0.326 e. The number of carbonyl (C=O) groups is 3. The van der Waals surface area contributed by atoms with Crippen LogP contribution in [-0.2, 0) is 14.4 Å². The summed E-state index contributed by atoms with van der Waals surface area (Å²) in [6, 6.07) is -0.909. The lowest BCUT2D eigenvalue weighted by Gasteiger charge is -2.17. The monoisotopic (exact) mass is 328 g/mol. The molecule has 0 aliphatic rings. The second kappa shape index (κ2) is 12.9. The number of hydrogen-bond acceptors (Lipinski definition) is 3. The summed E-state index contributed by atoms with van der Waals surface area (Å²) < 4.78 is 0. The minimum Gasteiger partial charge on any atom is -0.480 e. The third-order valence-corrected chi connectivity index (χ3v) is 3.68. The van der Waals surface area contributed by atoms with Crippen LogP contribution in [0.1, 0.15) is 72.1 Å². The lowest BCUT2D eigenvalue weighted by Crippen LogP contribution is -2.44. The Morgan fingerprint density at radius 2 is 1.48 bits per heavy atom. The Labute approximate surface area is 139 Å². The van der Waals surface area contributed by atoms with E-state index in [-0.39, 0.29) is 24.7 Å². The molecule has 0 heterocycles. The first-order chi connectivity index (χ1) is 10.9. The highest BCUT2D eigenvalue weighted by molar-refractivity contribution is 5.86. The molecule has 0 fully saturated rings. The molecule has 0 saturated heterocycles. The minimum atomic E-state index is -1.05. The summed E-state index contributed by atoms with van der Waals surface area (Å²) in [5.41, 5.74) is 0. The first-order valence-electron chi connectivity index (χ1n) is 8.67. The molecule has 134 valence electrons. The Morgan fingerprint density at radius 1 is 0.913 bits per heavy atom. The molecule has 0 aromatic rings. The highest BCUT2D eigenvalue weighted by atomic mass is 16.4. The summed E-state index contributed by atoms with van der Waals surface area (Å²) in [5.74, 6) is -1.81. The van der Waals surface area contributed by atoms with Crippen molar-refractivity contribution in [2.75, 3.05) is 6.54 Å². The molecule has 6 nitrogen and oxygen atoms in total. The van der Waals surface area contributed by atoms with E-state index < -0.39 is 17.9 Å². The van der Waals surface area contributed by atoms with Crippen LogP contribution in [0.3, 0.4) is 0 Å². The molecule has 1 unspecified atom stereocenters. The van der Waals surface area contributed by atoms with E-state index >= 15 is 0 Å². The molecule has 0 aliphatic carbocycles. The molecule has 0 aromatic carbocycles. The lowest BCUT2D eigenvalue weighted by atomic mass is 10.0. The van der Waals surface area contributed by atoms with Crippen molar-refractivity contribution in [2.45, 2.75) is 78.2 Å². The van der Waals surface area contributed by atoms with Crippen molar-refractivity contribution in [3.8, 4) is 0 Å². The van der Waals surface area contributed by atoms with Crippen LogP contribution in [0.15, 0.2) is 0 Å². The largest absolute Gasteiger partial charge is 0.480 e. The summed E-state index contributed by atoms with van der Waals surface area (Å²) in [6.07, 6.45) is 7.08. The van der Waals surface area contributed by atoms with Gasteiger partial charge in [0.05, 0.1) is 0 Å². The Kier molecular flexibility index (Phi) is 12.0. The quantitative estimate of drug-likeness (QED) is 0.453. The molecule has 6 heteroatoms. The SMILES string of the molecule is CCCCCCCCNC(=O)CCC(=O)NC(C(=O)O)C(C)C. The highest BCUT2D eigenvalue weighted by Gasteiger charge is 2.23. The Hall–Kier alpha value is -1.59. The zero-order chi connectivity index (χ0) is 17.7. The predicted octanol–water partition coefficient (Wildman–Crippen LogP) is 2.47. The Balaban J connectivity index is 3.75. The lowest BCUT2D eigenvalue weighted by molar-refractivity contribution is -0.143. The normalized spacial score (nSPS) is 12.0. The molecule has 0 aromatic heterocycles. The molecule has 3 N–H and O–H groups in total. The predicted molar refractivity (Wildman–Crippen MR) is 90.0 cm³/mol. The van der Waals surface area contributed by atoms with Gasteiger partial charge in [0, 0.05) is 19.4 Å². The van der Waals surface area contributed by atoms with Crippen LogP contribution in [0.25, 0.3) is 0 Å². The van der Waals surface area contributed by atoms with Gasteiger partial charge in [-0.3, -0.25) is 9.59 Å². The smallest absolute Gasteiger partial charge is 0.326 e. The van der Waals surface area contributed by atoms with E-state index in [0.29, 0.717) is 6.54 Å². The van der Waals surface area contributed by atoms with Gasteiger partial charge in [0.1, 0.15) is 6.04 Å². The van der Waals surface area contributed by atoms with Crippen molar-refractivity contribution >= 4 is 17.8 Å². The van der Waals surface area contributed by atoms with Gasteiger partial charge in [-0.25, -0.2) is 4.79 Å². The van der Waals surface area contributed by atoms with Gasteiger partial charge in [-0.15, -0.1) is 0 Å². The van der Waals surface area contributed by atoms with Crippen LogP contribution in [0.4, 0.5) is 0 Å². The number of carbonyl (C=O) groups excluding carboxylic acids is 2. The van der Waals surface area contributed by atoms with Crippen molar-refractivity contribution < 1.29 is 19.5 Å². The van der Waals surface area contributed by atoms with Crippen LogP contribution in [0, 0.1) is 5.92 Å². The van der Waals surface area contributed by atoms with E-state index in [0.717, 1.165) is 12.8 Å². The first-order valence-corrected chi connectivity index (χ1v) is 8.67. The molecule has 0 saturated carbocycles. The zero-order valence-corrected chi connectivity index (χ0v) is 14.7. The maximum absolute atomic E-state index is 11.7. The van der Waals surface area contributed by atoms with E-state index in [1.807, 2.05) is 0 Å². The molecule has 0 bridgehead atoms. The minimum absolute atomic E-state index is 0.0127. The van der Waals surface area contributed by atoms with E-state index in [4.69, 9.17) is 5.11 Å². The average molecular weight is 328 g/mol. The fraction of sp³-hybridized carbons (Fsp3) is 0.824. The second-order valence-corrected chi connectivity index (χ2v) is 6.25. The van der Waals surface area contributed by atoms with Gasteiger partial charge in [0.25, 0.3) is 0 Å². The van der Waals surface area contributed by atoms with Gasteiger partial charge < -0.3 is 15.7 Å². The topological polar surface area (TPSA) is 95.5 Å². The molecule has 23 heavy (non-hydrogen) atoms. The molecule has 1 atom stereocenters. The van der Waals surface area contributed by atoms with Gasteiger partial charge in [0.15, 0.2) is 0 Å². The van der Waals surface area contributed by atoms with Crippen LogP contribution in [-0.4, -0.2) is 35.5 Å². The number of rotatable bonds is 13. The zero-order valence-electron chi connectivity index (χ0n) is 14.7. The van der Waals surface area contributed by atoms with E-state index in [1.54, 1.807) is 13.8 Å². The summed E-state index contributed by atoms with van der Waals surface area (Å²) in [7, 11) is 0. The number of hydrogen-bond donors (Lipinski definition) is 3. The van der Waals surface area contributed by atoms with Crippen LogP contribution < -0.4 is 10.6 Å². The van der Waals surface area contributed by atoms with Gasteiger partial charge in [0.2, 0.25) is 11.8 Å². The Bertz CT molecular complexity index is 370. The van der Waals surface area contributed by atoms with E-state index in [9.17, 15) is 14.4 Å². The van der Waals surface area contributed by atoms with Crippen LogP contribution >= 0.6 is 0 Å². The number of nitrogens with one attached hydrogen (secondary N) is 2. The van der Waals surface area contributed by atoms with Crippen LogP contribution in [0.5, 0.6) is 0 Å². The fourth-order valence-corrected chi connectivity index (χ4v) is 2.21. The molecule has 0 radical (unpaired) electrons. The molecule has 2 amide bonds. The summed E-state index contributed by atoms with van der Waals surface area (Å²) in [5, 5.41) is 14.2. The number of aliphatic carboxylic acids is 1. The molecular weight excluding hydrogens is 296 g/mol. The summed E-state index contributed by atoms with van der Waals surface area (Å²) in [6.45, 7) is 6.27. The highest BCUT2D eigenvalue weighted by Crippen LogP contribution is 2.04. The second-order valence-electron chi connectivity index (χ2n) is 6.25. The van der Waals surface area contributed by atoms with E-state index in [2.05, 4.69) is 17.6 Å². The summed E-state index contributed by atoms with van der Waals surface area (Å²) in [4.78, 5) is 34.3. The van der Waals surface area contributed by atoms with Crippen molar-refractivity contribution in [3.63, 3.8) is 0 Å². The number of carboxylic acid groups (broad SMARTS) is 1. The standard InChI is InChI=1S/C17H32N2O4/c1-4-5-6-7-8-9-12-18-14(20)10-11-15(21)19-16(13(2)3)17(22)23/h13,16H,4-12H2,1-3H3,(H,18,20)(H,19,21)(H,22,23). The molecular formula is C17H32N2O4. The summed E-state index contributed by atoms with van der Waals surface area (Å²) >= 11 is 0. The van der Waals surface area contributed by atoms with Gasteiger partial charge in [-0.1, -0.05) is 52.9 Å². The van der Waals surface area contributed by atoms with E-state index in [1.165, 1.54) is 25.7 Å². The third-order valence-electron chi connectivity index (χ3n) is 3.68. The first kappa shape index (κ1) is 21.4. The van der Waals surface area contributed by atoms with Crippen molar-refractivity contribution in [1.82, 2.24) is 10.6 Å².